The highest BCUT2D eigenvalue weighted by molar-refractivity contribution is 5.43. The number of alkyl halides is 3. The van der Waals surface area contributed by atoms with E-state index >= 15 is 0 Å². The lowest BCUT2D eigenvalue weighted by atomic mass is 10.1. The first-order valence-corrected chi connectivity index (χ1v) is 6.85. The Morgan fingerprint density at radius 3 is 2.67 bits per heavy atom. The van der Waals surface area contributed by atoms with E-state index < -0.39 is 11.7 Å². The third kappa shape index (κ3) is 3.85. The summed E-state index contributed by atoms with van der Waals surface area (Å²) in [4.78, 5) is 0. The van der Waals surface area contributed by atoms with E-state index in [0.717, 1.165) is 36.4 Å². The minimum absolute atomic E-state index is 0.451. The van der Waals surface area contributed by atoms with Gasteiger partial charge in [-0.1, -0.05) is 13.0 Å². The fourth-order valence-electron chi connectivity index (χ4n) is 2.02. The molecule has 21 heavy (non-hydrogen) atoms. The first kappa shape index (κ1) is 15.6. The molecule has 2 rings (SSSR count). The van der Waals surface area contributed by atoms with Crippen LogP contribution in [0.25, 0.3) is 5.69 Å². The van der Waals surface area contributed by atoms with Crippen molar-refractivity contribution in [2.75, 3.05) is 6.54 Å². The lowest BCUT2D eigenvalue weighted by Crippen LogP contribution is -2.14. The molecule has 2 aromatic rings. The summed E-state index contributed by atoms with van der Waals surface area (Å²) < 4.78 is 39.9. The number of hydrogen-bond acceptors (Lipinski definition) is 2. The molecule has 0 aliphatic heterocycles. The van der Waals surface area contributed by atoms with Gasteiger partial charge in [-0.3, -0.25) is 0 Å². The summed E-state index contributed by atoms with van der Waals surface area (Å²) >= 11 is 0. The predicted molar refractivity (Wildman–Crippen MR) is 75.3 cm³/mol. The molecule has 6 heteroatoms. The van der Waals surface area contributed by atoms with Crippen molar-refractivity contribution < 1.29 is 13.2 Å². The number of halogens is 3. The molecule has 0 fully saturated rings. The van der Waals surface area contributed by atoms with E-state index in [2.05, 4.69) is 17.3 Å². The average Bonchev–Trinajstić information content (AvgIpc) is 2.87. The fraction of sp³-hybridized carbons (Fsp3) is 0.400. The number of hydrogen-bond donors (Lipinski definition) is 1. The molecular formula is C15H18F3N3. The van der Waals surface area contributed by atoms with Crippen LogP contribution in [0.1, 0.15) is 30.2 Å². The van der Waals surface area contributed by atoms with Crippen molar-refractivity contribution in [2.45, 2.75) is 33.0 Å². The highest BCUT2D eigenvalue weighted by Crippen LogP contribution is 2.31. The summed E-state index contributed by atoms with van der Waals surface area (Å²) in [5.41, 5.74) is 1.34. The second-order valence-electron chi connectivity index (χ2n) is 4.93. The van der Waals surface area contributed by atoms with Gasteiger partial charge in [-0.2, -0.15) is 18.3 Å². The van der Waals surface area contributed by atoms with Crippen LogP contribution < -0.4 is 5.32 Å². The normalized spacial score (nSPS) is 11.9. The zero-order valence-electron chi connectivity index (χ0n) is 12.0. The Morgan fingerprint density at radius 1 is 1.24 bits per heavy atom. The minimum atomic E-state index is -4.35. The largest absolute Gasteiger partial charge is 0.416 e. The van der Waals surface area contributed by atoms with Gasteiger partial charge in [0.15, 0.2) is 0 Å². The number of benzene rings is 1. The van der Waals surface area contributed by atoms with Gasteiger partial charge in [-0.15, -0.1) is 0 Å². The van der Waals surface area contributed by atoms with Crippen molar-refractivity contribution in [3.63, 3.8) is 0 Å². The van der Waals surface area contributed by atoms with E-state index in [1.807, 2.05) is 6.07 Å². The van der Waals surface area contributed by atoms with Gasteiger partial charge in [-0.25, -0.2) is 4.68 Å². The molecule has 3 nitrogen and oxygen atoms in total. The summed E-state index contributed by atoms with van der Waals surface area (Å²) in [5, 5.41) is 7.53. The Morgan fingerprint density at radius 2 is 2.00 bits per heavy atom. The van der Waals surface area contributed by atoms with Gasteiger partial charge in [0.25, 0.3) is 0 Å². The quantitative estimate of drug-likeness (QED) is 0.853. The molecular weight excluding hydrogens is 279 g/mol. The smallest absolute Gasteiger partial charge is 0.311 e. The molecule has 0 radical (unpaired) electrons. The molecule has 0 unspecified atom stereocenters. The zero-order chi connectivity index (χ0) is 15.5. The molecule has 0 saturated heterocycles. The van der Waals surface area contributed by atoms with Gasteiger partial charge in [0, 0.05) is 12.7 Å². The van der Waals surface area contributed by atoms with Crippen LogP contribution in [0.5, 0.6) is 0 Å². The summed E-state index contributed by atoms with van der Waals surface area (Å²) in [5.74, 6) is 0. The van der Waals surface area contributed by atoms with Gasteiger partial charge >= 0.3 is 6.18 Å². The number of nitrogens with zero attached hydrogens (tertiary/aromatic N) is 2. The molecule has 1 N–H and O–H groups in total. The van der Waals surface area contributed by atoms with Crippen molar-refractivity contribution in [3.05, 3.63) is 47.3 Å². The average molecular weight is 297 g/mol. The van der Waals surface area contributed by atoms with Crippen molar-refractivity contribution in [3.8, 4) is 5.69 Å². The van der Waals surface area contributed by atoms with Crippen molar-refractivity contribution in [2.24, 2.45) is 0 Å². The lowest BCUT2D eigenvalue weighted by Gasteiger charge is -2.11. The third-order valence-electron chi connectivity index (χ3n) is 3.16. The van der Waals surface area contributed by atoms with Gasteiger partial charge in [0.2, 0.25) is 0 Å². The van der Waals surface area contributed by atoms with Crippen LogP contribution >= 0.6 is 0 Å². The lowest BCUT2D eigenvalue weighted by molar-refractivity contribution is -0.137. The zero-order valence-corrected chi connectivity index (χ0v) is 12.0. The first-order valence-electron chi connectivity index (χ1n) is 6.85. The van der Waals surface area contributed by atoms with Crippen LogP contribution in [-0.2, 0) is 12.7 Å². The van der Waals surface area contributed by atoms with E-state index in [1.165, 1.54) is 10.7 Å². The molecule has 0 aliphatic carbocycles. The van der Waals surface area contributed by atoms with Crippen molar-refractivity contribution >= 4 is 0 Å². The highest BCUT2D eigenvalue weighted by Gasteiger charge is 2.31. The summed E-state index contributed by atoms with van der Waals surface area (Å²) in [6.07, 6.45) is -1.64. The van der Waals surface area contributed by atoms with Gasteiger partial charge < -0.3 is 5.32 Å². The molecule has 1 aromatic heterocycles. The topological polar surface area (TPSA) is 29.9 Å². The van der Waals surface area contributed by atoms with Crippen LogP contribution in [0.4, 0.5) is 13.2 Å². The summed E-state index contributed by atoms with van der Waals surface area (Å²) in [6, 6.07) is 5.49. The molecule has 0 atom stereocenters. The summed E-state index contributed by atoms with van der Waals surface area (Å²) in [6.45, 7) is 5.33. The monoisotopic (exact) mass is 297 g/mol. The molecule has 0 aliphatic rings. The third-order valence-corrected chi connectivity index (χ3v) is 3.16. The molecule has 0 bridgehead atoms. The van der Waals surface area contributed by atoms with E-state index in [4.69, 9.17) is 0 Å². The second-order valence-corrected chi connectivity index (χ2v) is 4.93. The highest BCUT2D eigenvalue weighted by atomic mass is 19.4. The van der Waals surface area contributed by atoms with Crippen molar-refractivity contribution in [1.82, 2.24) is 15.1 Å². The molecule has 1 heterocycles. The van der Waals surface area contributed by atoms with Crippen LogP contribution in [0, 0.1) is 6.92 Å². The van der Waals surface area contributed by atoms with Crippen LogP contribution in [0.3, 0.4) is 0 Å². The van der Waals surface area contributed by atoms with Gasteiger partial charge in [0.1, 0.15) is 0 Å². The maximum absolute atomic E-state index is 12.8. The Balaban J connectivity index is 2.25. The van der Waals surface area contributed by atoms with Crippen molar-refractivity contribution in [1.29, 1.82) is 0 Å². The van der Waals surface area contributed by atoms with E-state index in [1.54, 1.807) is 13.1 Å². The molecule has 1 aromatic carbocycles. The number of aryl methyl sites for hydroxylation is 1. The number of nitrogens with one attached hydrogen (secondary N) is 1. The Hall–Kier alpha value is -1.82. The summed E-state index contributed by atoms with van der Waals surface area (Å²) in [7, 11) is 0. The maximum Gasteiger partial charge on any atom is 0.416 e. The number of rotatable bonds is 5. The molecule has 0 saturated carbocycles. The number of aromatic nitrogens is 2. The van der Waals surface area contributed by atoms with E-state index in [-0.39, 0.29) is 0 Å². The van der Waals surface area contributed by atoms with E-state index in [0.29, 0.717) is 12.2 Å². The molecule has 0 spiro atoms. The Kier molecular flexibility index (Phi) is 4.67. The molecule has 114 valence electrons. The van der Waals surface area contributed by atoms with Gasteiger partial charge in [-0.05, 0) is 43.7 Å². The Bertz CT molecular complexity index is 602. The SMILES string of the molecule is CCCNCc1ccn(-c2cc(C(F)(F)F)ccc2C)n1. The predicted octanol–water partition coefficient (Wildman–Crippen LogP) is 3.70. The van der Waals surface area contributed by atoms with E-state index in [9.17, 15) is 13.2 Å². The van der Waals surface area contributed by atoms with Crippen LogP contribution in [-0.4, -0.2) is 16.3 Å². The fourth-order valence-corrected chi connectivity index (χ4v) is 2.02. The first-order chi connectivity index (χ1) is 9.91. The minimum Gasteiger partial charge on any atom is -0.311 e. The maximum atomic E-state index is 12.8. The second kappa shape index (κ2) is 6.30. The van der Waals surface area contributed by atoms with Gasteiger partial charge in [0.05, 0.1) is 16.9 Å². The van der Waals surface area contributed by atoms with Crippen LogP contribution in [0.2, 0.25) is 0 Å². The standard InChI is InChI=1S/C15H18F3N3/c1-3-7-19-10-13-6-8-21(20-13)14-9-12(15(16,17)18)5-4-11(14)2/h4-6,8-9,19H,3,7,10H2,1-2H3. The molecule has 0 amide bonds. The Labute approximate surface area is 121 Å². The van der Waals surface area contributed by atoms with Crippen LogP contribution in [0.15, 0.2) is 30.5 Å².